The van der Waals surface area contributed by atoms with E-state index >= 15 is 0 Å². The van der Waals surface area contributed by atoms with Gasteiger partial charge in [-0.1, -0.05) is 18.2 Å². The van der Waals surface area contributed by atoms with Crippen molar-refractivity contribution in [2.75, 3.05) is 20.3 Å². The minimum atomic E-state index is -1.80. The lowest BCUT2D eigenvalue weighted by molar-refractivity contribution is -0.280. The third-order valence-electron chi connectivity index (χ3n) is 7.62. The second-order valence-corrected chi connectivity index (χ2v) is 9.89. The number of carbonyl (C=O) groups excluding carboxylic acids is 3. The third-order valence-corrected chi connectivity index (χ3v) is 7.62. The van der Waals surface area contributed by atoms with Gasteiger partial charge < -0.3 is 35.2 Å². The first-order valence-electron chi connectivity index (χ1n) is 12.8. The highest BCUT2D eigenvalue weighted by Gasteiger charge is 2.53. The van der Waals surface area contributed by atoms with Gasteiger partial charge in [-0.15, -0.1) is 0 Å². The van der Waals surface area contributed by atoms with Gasteiger partial charge in [0.05, 0.1) is 25.2 Å². The van der Waals surface area contributed by atoms with E-state index in [0.717, 1.165) is 11.1 Å². The fourth-order valence-electron chi connectivity index (χ4n) is 5.59. The van der Waals surface area contributed by atoms with E-state index in [4.69, 9.17) is 9.47 Å². The summed E-state index contributed by atoms with van der Waals surface area (Å²) in [7, 11) is 1.54. The van der Waals surface area contributed by atoms with Gasteiger partial charge in [-0.3, -0.25) is 19.4 Å². The van der Waals surface area contributed by atoms with Crippen LogP contribution >= 0.6 is 0 Å². The van der Waals surface area contributed by atoms with Crippen LogP contribution in [0.4, 0.5) is 0 Å². The number of carbonyl (C=O) groups is 3. The van der Waals surface area contributed by atoms with E-state index in [2.05, 4.69) is 20.5 Å². The highest BCUT2D eigenvalue weighted by Crippen LogP contribution is 2.55. The molecular formula is C27H30N4O9. The Morgan fingerprint density at radius 2 is 2.00 bits per heavy atom. The van der Waals surface area contributed by atoms with Gasteiger partial charge >= 0.3 is 0 Å². The SMILES string of the molecule is COc1ccc2c3c1OC1CC(O)C=CC31CCN(C(=O)C(NC(=O)C(CO)NC(=O)c1ccncc1)OO)C2. The topological polar surface area (TPSA) is 180 Å². The Morgan fingerprint density at radius 1 is 1.23 bits per heavy atom. The highest BCUT2D eigenvalue weighted by atomic mass is 17.1. The number of aliphatic hydroxyl groups is 2. The van der Waals surface area contributed by atoms with Crippen molar-refractivity contribution in [3.05, 3.63) is 65.5 Å². The number of benzene rings is 1. The lowest BCUT2D eigenvalue weighted by Crippen LogP contribution is -2.56. The number of hydrogen-bond donors (Lipinski definition) is 5. The van der Waals surface area contributed by atoms with Gasteiger partial charge in [-0.05, 0) is 30.2 Å². The first kappa shape index (κ1) is 27.5. The van der Waals surface area contributed by atoms with Crippen molar-refractivity contribution in [1.82, 2.24) is 20.5 Å². The van der Waals surface area contributed by atoms with E-state index in [1.165, 1.54) is 29.4 Å². The average molecular weight is 555 g/mol. The predicted molar refractivity (Wildman–Crippen MR) is 137 cm³/mol. The summed E-state index contributed by atoms with van der Waals surface area (Å²) in [5, 5.41) is 34.1. The number of nitrogens with one attached hydrogen (secondary N) is 2. The maximum absolute atomic E-state index is 13.5. The van der Waals surface area contributed by atoms with E-state index in [1.807, 2.05) is 12.1 Å². The summed E-state index contributed by atoms with van der Waals surface area (Å²) in [5.41, 5.74) is 1.27. The van der Waals surface area contributed by atoms with Crippen LogP contribution in [0.5, 0.6) is 11.5 Å². The molecule has 2 aromatic rings. The smallest absolute Gasteiger partial charge is 0.276 e. The van der Waals surface area contributed by atoms with Gasteiger partial charge in [-0.25, -0.2) is 10.1 Å². The van der Waals surface area contributed by atoms with Crippen LogP contribution in [0.1, 0.15) is 34.3 Å². The van der Waals surface area contributed by atoms with Crippen molar-refractivity contribution in [1.29, 1.82) is 0 Å². The maximum Gasteiger partial charge on any atom is 0.276 e. The van der Waals surface area contributed by atoms with E-state index in [-0.39, 0.29) is 24.8 Å². The second kappa shape index (κ2) is 11.2. The molecule has 1 aliphatic carbocycles. The van der Waals surface area contributed by atoms with Crippen molar-refractivity contribution in [2.24, 2.45) is 0 Å². The second-order valence-electron chi connectivity index (χ2n) is 9.89. The number of pyridine rings is 1. The molecule has 5 unspecified atom stereocenters. The van der Waals surface area contributed by atoms with Crippen LogP contribution in [0.25, 0.3) is 0 Å². The Balaban J connectivity index is 1.34. The molecule has 212 valence electrons. The quantitative estimate of drug-likeness (QED) is 0.128. The van der Waals surface area contributed by atoms with Crippen LogP contribution in [0, 0.1) is 0 Å². The number of ether oxygens (including phenoxy) is 2. The number of aliphatic hydroxyl groups excluding tert-OH is 2. The molecule has 5 N–H and O–H groups in total. The maximum atomic E-state index is 13.5. The first-order valence-corrected chi connectivity index (χ1v) is 12.8. The standard InChI is InChI=1S/C27H30N4O9/c1-38-19-3-2-16-13-31(11-8-27-7-4-17(33)12-20(27)39-22(19)21(16)27)26(36)25(40-37)30-24(35)18(14-32)29-23(34)15-5-9-28-10-6-15/h2-7,9-10,17-18,20,25,32-33,37H,8,11-14H2,1H3,(H,29,34)(H,30,35). The molecule has 0 fully saturated rings. The Hall–Kier alpha value is -4.04. The molecule has 0 saturated carbocycles. The molecule has 40 heavy (non-hydrogen) atoms. The molecule has 3 aliphatic rings. The zero-order valence-corrected chi connectivity index (χ0v) is 21.6. The minimum Gasteiger partial charge on any atom is -0.493 e. The summed E-state index contributed by atoms with van der Waals surface area (Å²) in [5.74, 6) is -1.19. The monoisotopic (exact) mass is 554 g/mol. The minimum absolute atomic E-state index is 0.122. The molecule has 2 aliphatic heterocycles. The van der Waals surface area contributed by atoms with Crippen molar-refractivity contribution in [2.45, 2.75) is 49.3 Å². The number of hydrogen-bond acceptors (Lipinski definition) is 10. The fourth-order valence-corrected chi connectivity index (χ4v) is 5.59. The summed E-state index contributed by atoms with van der Waals surface area (Å²) >= 11 is 0. The van der Waals surface area contributed by atoms with E-state index in [1.54, 1.807) is 19.3 Å². The van der Waals surface area contributed by atoms with E-state index < -0.39 is 48.1 Å². The molecule has 0 saturated heterocycles. The summed E-state index contributed by atoms with van der Waals surface area (Å²) in [4.78, 5) is 48.4. The van der Waals surface area contributed by atoms with Crippen LogP contribution in [0.15, 0.2) is 48.8 Å². The molecule has 13 heteroatoms. The summed E-state index contributed by atoms with van der Waals surface area (Å²) < 4.78 is 11.8. The van der Waals surface area contributed by atoms with Gasteiger partial charge in [0.25, 0.3) is 11.8 Å². The van der Waals surface area contributed by atoms with Crippen LogP contribution in [-0.2, 0) is 26.4 Å². The lowest BCUT2D eigenvalue weighted by atomic mass is 9.69. The molecule has 3 heterocycles. The largest absolute Gasteiger partial charge is 0.493 e. The zero-order chi connectivity index (χ0) is 28.4. The van der Waals surface area contributed by atoms with Gasteiger partial charge in [0.15, 0.2) is 11.5 Å². The van der Waals surface area contributed by atoms with Crippen molar-refractivity contribution in [3.63, 3.8) is 0 Å². The van der Waals surface area contributed by atoms with Gasteiger partial charge in [-0.2, -0.15) is 0 Å². The zero-order valence-electron chi connectivity index (χ0n) is 21.6. The van der Waals surface area contributed by atoms with Crippen LogP contribution in [0.2, 0.25) is 0 Å². The molecule has 1 aromatic carbocycles. The summed E-state index contributed by atoms with van der Waals surface area (Å²) in [6, 6.07) is 5.02. The Bertz CT molecular complexity index is 1320. The number of rotatable bonds is 8. The Morgan fingerprint density at radius 3 is 2.70 bits per heavy atom. The number of amides is 3. The number of aromatic nitrogens is 1. The van der Waals surface area contributed by atoms with Crippen LogP contribution in [0.3, 0.4) is 0 Å². The molecule has 0 bridgehead atoms. The van der Waals surface area contributed by atoms with E-state index in [9.17, 15) is 29.9 Å². The van der Waals surface area contributed by atoms with Gasteiger partial charge in [0, 0.05) is 43.0 Å². The number of methoxy groups -OCH3 is 1. The van der Waals surface area contributed by atoms with Crippen LogP contribution in [-0.4, -0.2) is 87.8 Å². The Labute approximate surface area is 229 Å². The van der Waals surface area contributed by atoms with Gasteiger partial charge in [0.1, 0.15) is 12.1 Å². The van der Waals surface area contributed by atoms with Crippen LogP contribution < -0.4 is 20.1 Å². The van der Waals surface area contributed by atoms with Gasteiger partial charge in [0.2, 0.25) is 12.1 Å². The fraction of sp³-hybridized carbons (Fsp3) is 0.407. The average Bonchev–Trinajstić information content (AvgIpc) is 3.21. The summed E-state index contributed by atoms with van der Waals surface area (Å²) in [6.45, 7) is -0.427. The Kier molecular flexibility index (Phi) is 7.72. The van der Waals surface area contributed by atoms with E-state index in [0.29, 0.717) is 24.3 Å². The lowest BCUT2D eigenvalue weighted by Gasteiger charge is -2.36. The first-order chi connectivity index (χ1) is 19.3. The molecule has 1 spiro atoms. The molecule has 13 nitrogen and oxygen atoms in total. The van der Waals surface area contributed by atoms with Crippen molar-refractivity contribution in [3.8, 4) is 11.5 Å². The molecule has 5 rings (SSSR count). The van der Waals surface area contributed by atoms with Crippen molar-refractivity contribution >= 4 is 17.7 Å². The molecule has 3 amide bonds. The molecule has 0 radical (unpaired) electrons. The number of nitrogens with zero attached hydrogens (tertiary/aromatic N) is 2. The molecule has 5 atom stereocenters. The predicted octanol–water partition coefficient (Wildman–Crippen LogP) is -0.135. The molecule has 1 aromatic heterocycles. The normalized spacial score (nSPS) is 24.1. The molecular weight excluding hydrogens is 524 g/mol. The third kappa shape index (κ3) is 4.88. The highest BCUT2D eigenvalue weighted by molar-refractivity contribution is 5.98. The summed E-state index contributed by atoms with van der Waals surface area (Å²) in [6.07, 6.45) is 4.43. The van der Waals surface area contributed by atoms with Crippen molar-refractivity contribution < 1.29 is 44.2 Å².